The van der Waals surface area contributed by atoms with Crippen LogP contribution < -0.4 is 51.4 Å². The minimum Gasteiger partial charge on any atom is -0.748 e. The van der Waals surface area contributed by atoms with Crippen LogP contribution in [0.5, 0.6) is 0 Å². The van der Waals surface area contributed by atoms with Crippen LogP contribution in [0.4, 0.5) is 0 Å². The summed E-state index contributed by atoms with van der Waals surface area (Å²) in [6.45, 7) is 9.68. The fraction of sp³-hybridized carbons (Fsp3) is 0.500. The molecule has 0 spiro atoms. The molecule has 0 aliphatic heterocycles. The zero-order valence-electron chi connectivity index (χ0n) is 12.8. The predicted molar refractivity (Wildman–Crippen MR) is 71.8 cm³/mol. The third-order valence-electron chi connectivity index (χ3n) is 1.65. The predicted octanol–water partition coefficient (Wildman–Crippen LogP) is -2.22. The number of hydrogen-bond acceptors (Lipinski definition) is 7. The maximum absolute atomic E-state index is 10.7. The normalized spacial score (nSPS) is 9.33. The maximum Gasteiger partial charge on any atom is 1.00 e. The first-order valence-corrected chi connectivity index (χ1v) is 7.09. The van der Waals surface area contributed by atoms with Crippen molar-refractivity contribution in [2.75, 3.05) is 19.5 Å². The number of methoxy groups -OCH3 is 1. The van der Waals surface area contributed by atoms with Gasteiger partial charge in [-0.2, -0.15) is 0 Å². The van der Waals surface area contributed by atoms with Gasteiger partial charge in [0.05, 0.1) is 23.8 Å². The number of rotatable bonds is 6. The van der Waals surface area contributed by atoms with Gasteiger partial charge >= 0.3 is 63.3 Å². The number of carbonyl (C=O) groups is 2. The standard InChI is InChI=1S/C7H12O5S.C5H8O2.K/c1-6(2)7(8)12-4-3-5-13(9,10)11;1-4(2)5(6)7-3;/h1,3-5H2,2H3,(H,9,10,11);1H2,2-3H3;/q;;+1/p-1. The van der Waals surface area contributed by atoms with Crippen LogP contribution >= 0.6 is 0 Å². The molecule has 9 heteroatoms. The Kier molecular flexibility index (Phi) is 16.8. The van der Waals surface area contributed by atoms with E-state index in [9.17, 15) is 22.6 Å². The van der Waals surface area contributed by atoms with Gasteiger partial charge in [0.1, 0.15) is 0 Å². The zero-order chi connectivity index (χ0) is 16.3. The van der Waals surface area contributed by atoms with Gasteiger partial charge in [0.2, 0.25) is 0 Å². The summed E-state index contributed by atoms with van der Waals surface area (Å²) < 4.78 is 39.1. The molecule has 0 fully saturated rings. The smallest absolute Gasteiger partial charge is 0.748 e. The van der Waals surface area contributed by atoms with E-state index in [1.807, 2.05) is 0 Å². The Labute approximate surface area is 167 Å². The van der Waals surface area contributed by atoms with Crippen molar-refractivity contribution in [1.82, 2.24) is 0 Å². The van der Waals surface area contributed by atoms with E-state index >= 15 is 0 Å². The van der Waals surface area contributed by atoms with Crippen molar-refractivity contribution in [2.45, 2.75) is 20.3 Å². The number of ether oxygens (including phenoxy) is 2. The molecule has 0 rings (SSSR count). The Bertz CT molecular complexity index is 468. The Morgan fingerprint density at radius 1 is 1.10 bits per heavy atom. The van der Waals surface area contributed by atoms with Crippen LogP contribution in [-0.4, -0.2) is 44.4 Å². The molecule has 0 atom stereocenters. The molecular weight excluding hydrogens is 327 g/mol. The van der Waals surface area contributed by atoms with E-state index in [1.165, 1.54) is 14.0 Å². The van der Waals surface area contributed by atoms with Crippen LogP contribution in [-0.2, 0) is 29.2 Å². The Morgan fingerprint density at radius 3 is 1.76 bits per heavy atom. The van der Waals surface area contributed by atoms with Gasteiger partial charge in [-0.1, -0.05) is 13.2 Å². The van der Waals surface area contributed by atoms with Crippen molar-refractivity contribution >= 4 is 22.1 Å². The summed E-state index contributed by atoms with van der Waals surface area (Å²) in [5.41, 5.74) is 0.674. The molecule has 0 N–H and O–H groups in total. The molecule has 0 aromatic rings. The van der Waals surface area contributed by atoms with Crippen molar-refractivity contribution in [3.05, 3.63) is 24.3 Å². The van der Waals surface area contributed by atoms with E-state index in [0.29, 0.717) is 5.57 Å². The van der Waals surface area contributed by atoms with Gasteiger partial charge in [-0.15, -0.1) is 0 Å². The van der Waals surface area contributed by atoms with Gasteiger partial charge < -0.3 is 14.0 Å². The molecule has 0 aromatic heterocycles. The zero-order valence-corrected chi connectivity index (χ0v) is 16.7. The van der Waals surface area contributed by atoms with E-state index in [4.69, 9.17) is 0 Å². The van der Waals surface area contributed by atoms with Crippen LogP contribution in [0.2, 0.25) is 0 Å². The van der Waals surface area contributed by atoms with E-state index in [-0.39, 0.29) is 76.0 Å². The van der Waals surface area contributed by atoms with Gasteiger partial charge in [-0.3, -0.25) is 0 Å². The third-order valence-corrected chi connectivity index (χ3v) is 2.44. The number of carbonyl (C=O) groups excluding carboxylic acids is 2. The molecule has 0 radical (unpaired) electrons. The number of esters is 2. The summed E-state index contributed by atoms with van der Waals surface area (Å²) in [7, 11) is -2.88. The Morgan fingerprint density at radius 2 is 1.52 bits per heavy atom. The molecule has 0 amide bonds. The van der Waals surface area contributed by atoms with Crippen LogP contribution in [0.1, 0.15) is 20.3 Å². The first-order chi connectivity index (χ1) is 9.01. The largest absolute Gasteiger partial charge is 1.00 e. The van der Waals surface area contributed by atoms with Crippen LogP contribution in [0.15, 0.2) is 24.3 Å². The van der Waals surface area contributed by atoms with Gasteiger partial charge in [-0.25, -0.2) is 18.0 Å². The molecule has 0 heterocycles. The van der Waals surface area contributed by atoms with E-state index in [0.717, 1.165) is 0 Å². The summed E-state index contributed by atoms with van der Waals surface area (Å²) in [5, 5.41) is 0. The molecule has 0 aromatic carbocycles. The summed E-state index contributed by atoms with van der Waals surface area (Å²) in [4.78, 5) is 20.9. The summed E-state index contributed by atoms with van der Waals surface area (Å²) in [6, 6.07) is 0. The fourth-order valence-corrected chi connectivity index (χ4v) is 1.17. The first kappa shape index (κ1) is 25.9. The van der Waals surface area contributed by atoms with E-state index in [2.05, 4.69) is 22.6 Å². The second-order valence-electron chi connectivity index (χ2n) is 3.80. The number of hydrogen-bond donors (Lipinski definition) is 0. The molecule has 0 aliphatic carbocycles. The maximum atomic E-state index is 10.7. The molecule has 116 valence electrons. The molecule has 0 saturated heterocycles. The van der Waals surface area contributed by atoms with Crippen molar-refractivity contribution in [2.24, 2.45) is 0 Å². The molecule has 7 nitrogen and oxygen atoms in total. The van der Waals surface area contributed by atoms with Crippen molar-refractivity contribution < 1.29 is 83.4 Å². The Hall–Kier alpha value is -0.0336. The van der Waals surface area contributed by atoms with Crippen molar-refractivity contribution in [1.29, 1.82) is 0 Å². The molecule has 0 unspecified atom stereocenters. The average molecular weight is 346 g/mol. The minimum atomic E-state index is -4.21. The summed E-state index contributed by atoms with van der Waals surface area (Å²) in [6.07, 6.45) is 0.0187. The molecule has 0 aliphatic rings. The second kappa shape index (κ2) is 13.6. The van der Waals surface area contributed by atoms with Gasteiger partial charge in [0.15, 0.2) is 0 Å². The van der Waals surface area contributed by atoms with Gasteiger partial charge in [-0.05, 0) is 20.3 Å². The van der Waals surface area contributed by atoms with Crippen molar-refractivity contribution in [3.63, 3.8) is 0 Å². The monoisotopic (exact) mass is 346 g/mol. The second-order valence-corrected chi connectivity index (χ2v) is 5.33. The molecule has 0 bridgehead atoms. The summed E-state index contributed by atoms with van der Waals surface area (Å²) >= 11 is 0. The van der Waals surface area contributed by atoms with Crippen LogP contribution in [0, 0.1) is 0 Å². The summed E-state index contributed by atoms with van der Waals surface area (Å²) in [5.74, 6) is -1.44. The quantitative estimate of drug-likeness (QED) is 0.176. The van der Waals surface area contributed by atoms with E-state index < -0.39 is 21.8 Å². The van der Waals surface area contributed by atoms with Crippen molar-refractivity contribution in [3.8, 4) is 0 Å². The van der Waals surface area contributed by atoms with Crippen LogP contribution in [0.25, 0.3) is 0 Å². The third kappa shape index (κ3) is 20.0. The average Bonchev–Trinajstić information content (AvgIpc) is 2.32. The van der Waals surface area contributed by atoms with Gasteiger partial charge in [0, 0.05) is 16.9 Å². The molecule has 21 heavy (non-hydrogen) atoms. The first-order valence-electron chi connectivity index (χ1n) is 5.51. The van der Waals surface area contributed by atoms with E-state index in [1.54, 1.807) is 6.92 Å². The fourth-order valence-electron chi connectivity index (χ4n) is 0.698. The molecule has 0 saturated carbocycles. The Balaban J connectivity index is -0.000000347. The minimum absolute atomic E-state index is 0. The SMILES string of the molecule is C=C(C)C(=O)OC.C=C(C)C(=O)OCCCS(=O)(=O)[O-].[K+]. The molecular formula is C12H19KO7S. The van der Waals surface area contributed by atoms with Crippen LogP contribution in [0.3, 0.4) is 0 Å². The van der Waals surface area contributed by atoms with Gasteiger partial charge in [0.25, 0.3) is 0 Å². The topological polar surface area (TPSA) is 110 Å².